The van der Waals surface area contributed by atoms with Crippen LogP contribution in [0.4, 0.5) is 8.78 Å². The van der Waals surface area contributed by atoms with E-state index in [1.165, 1.54) is 51.4 Å². The Labute approximate surface area is 304 Å². The molecule has 9 fully saturated rings. The van der Waals surface area contributed by atoms with E-state index in [0.29, 0.717) is 41.9 Å². The third-order valence-electron chi connectivity index (χ3n) is 15.4. The highest BCUT2D eigenvalue weighted by Crippen LogP contribution is 2.49. The first-order valence-electron chi connectivity index (χ1n) is 20.4. The lowest BCUT2D eigenvalue weighted by Gasteiger charge is -2.42. The van der Waals surface area contributed by atoms with Gasteiger partial charge in [0.15, 0.2) is 0 Å². The molecule has 0 aromatic carbocycles. The van der Waals surface area contributed by atoms with Crippen molar-refractivity contribution in [3.05, 3.63) is 17.5 Å². The third kappa shape index (κ3) is 5.86. The number of rotatable bonds is 2. The van der Waals surface area contributed by atoms with E-state index in [0.717, 1.165) is 25.7 Å². The third-order valence-corrected chi connectivity index (χ3v) is 16.8. The number of sulfonamides is 1. The number of fused-ring (bicyclic) bond motifs is 20. The standard InChI is InChI=1S/C35H56F2N12O2S/c36-24-25(47-49-48-27(24)37)22-14-13-21-23(26(22)52(38,50)51)35-45-33-20-12-6-5-11-19(20)31(43-33)41-29-16-8-2-1-7-15(16)28(39-29)40-30-17-9-3-4-10-18(17)32(42-30)44-34(21)46-35/h15-23,26,28-35,39-46H,1-14H2,(H2,38,50,51). The maximum atomic E-state index is 15.3. The molecule has 288 valence electrons. The smallest absolute Gasteiger partial charge is 0.272 e. The van der Waals surface area contributed by atoms with Gasteiger partial charge in [0, 0.05) is 11.8 Å². The lowest BCUT2D eigenvalue weighted by Crippen LogP contribution is -2.62. The fraction of sp³-hybridized carbons (Fsp3) is 0.914. The molecule has 9 aliphatic rings. The molecule has 4 aliphatic carbocycles. The van der Waals surface area contributed by atoms with Gasteiger partial charge in [-0.15, -0.1) is 5.10 Å². The fourth-order valence-electron chi connectivity index (χ4n) is 13.3. The molecule has 4 saturated carbocycles. The van der Waals surface area contributed by atoms with Gasteiger partial charge < -0.3 is 0 Å². The molecule has 1 aromatic heterocycles. The van der Waals surface area contributed by atoms with Crippen molar-refractivity contribution in [2.45, 2.75) is 150 Å². The predicted octanol–water partition coefficient (Wildman–Crippen LogP) is 0.730. The van der Waals surface area contributed by atoms with Crippen LogP contribution < -0.4 is 47.7 Å². The molecule has 18 unspecified atom stereocenters. The zero-order chi connectivity index (χ0) is 35.3. The van der Waals surface area contributed by atoms with Gasteiger partial charge in [0.1, 0.15) is 5.69 Å². The van der Waals surface area contributed by atoms with Gasteiger partial charge in [-0.1, -0.05) is 43.6 Å². The lowest BCUT2D eigenvalue weighted by atomic mass is 9.71. The highest BCUT2D eigenvalue weighted by Gasteiger charge is 2.59. The van der Waals surface area contributed by atoms with E-state index >= 15 is 4.39 Å². The average Bonchev–Trinajstić information content (AvgIpc) is 3.88. The summed E-state index contributed by atoms with van der Waals surface area (Å²) in [6, 6.07) is 0. The Balaban J connectivity index is 1.03. The summed E-state index contributed by atoms with van der Waals surface area (Å²) in [7, 11) is -4.26. The molecule has 1 aromatic rings. The quantitative estimate of drug-likeness (QED) is 0.206. The molecular weight excluding hydrogens is 691 g/mol. The van der Waals surface area contributed by atoms with E-state index < -0.39 is 45.0 Å². The summed E-state index contributed by atoms with van der Waals surface area (Å²) >= 11 is 0. The number of hydrogen-bond donors (Lipinski definition) is 9. The summed E-state index contributed by atoms with van der Waals surface area (Å²) in [4.78, 5) is 0. The summed E-state index contributed by atoms with van der Waals surface area (Å²) in [5.41, 5.74) is -0.311. The summed E-state index contributed by atoms with van der Waals surface area (Å²) < 4.78 is 57.2. The van der Waals surface area contributed by atoms with E-state index in [1.807, 2.05) is 0 Å². The average molecular weight is 747 g/mol. The Kier molecular flexibility index (Phi) is 9.12. The molecule has 0 radical (unpaired) electrons. The molecule has 18 atom stereocenters. The van der Waals surface area contributed by atoms with Crippen molar-refractivity contribution in [3.8, 4) is 0 Å². The monoisotopic (exact) mass is 746 g/mol. The van der Waals surface area contributed by atoms with Crippen molar-refractivity contribution in [1.82, 2.24) is 57.9 Å². The van der Waals surface area contributed by atoms with Crippen LogP contribution in [0.15, 0.2) is 0 Å². The Morgan fingerprint density at radius 3 is 1.25 bits per heavy atom. The van der Waals surface area contributed by atoms with Crippen LogP contribution in [-0.2, 0) is 10.0 Å². The van der Waals surface area contributed by atoms with Crippen LogP contribution in [0, 0.1) is 59.1 Å². The van der Waals surface area contributed by atoms with Gasteiger partial charge in [0.25, 0.3) is 5.95 Å². The van der Waals surface area contributed by atoms with Crippen LogP contribution in [-0.4, -0.2) is 78.4 Å². The van der Waals surface area contributed by atoms with E-state index in [-0.39, 0.29) is 61.2 Å². The molecule has 10 rings (SSSR count). The molecule has 17 heteroatoms. The van der Waals surface area contributed by atoms with Crippen LogP contribution in [0.25, 0.3) is 0 Å². The van der Waals surface area contributed by atoms with Crippen LogP contribution in [0.1, 0.15) is 102 Å². The summed E-state index contributed by atoms with van der Waals surface area (Å²) in [5, 5.41) is 47.5. The number of hydrogen-bond acceptors (Lipinski definition) is 13. The number of halogens is 2. The van der Waals surface area contributed by atoms with E-state index in [1.54, 1.807) is 0 Å². The van der Waals surface area contributed by atoms with E-state index in [9.17, 15) is 12.8 Å². The van der Waals surface area contributed by atoms with Gasteiger partial charge >= 0.3 is 0 Å². The Morgan fingerprint density at radius 2 is 0.865 bits per heavy atom. The van der Waals surface area contributed by atoms with Crippen molar-refractivity contribution >= 4 is 10.0 Å². The number of nitrogens with zero attached hydrogens (tertiary/aromatic N) is 3. The Hall–Kier alpha value is -1.54. The van der Waals surface area contributed by atoms with Crippen LogP contribution in [0.3, 0.4) is 0 Å². The minimum absolute atomic E-state index is 0.0325. The summed E-state index contributed by atoms with van der Waals surface area (Å²) in [6.45, 7) is 0. The minimum Gasteiger partial charge on any atom is -0.286 e. The zero-order valence-corrected chi connectivity index (χ0v) is 30.5. The largest absolute Gasteiger partial charge is 0.286 e. The predicted molar refractivity (Wildman–Crippen MR) is 187 cm³/mol. The molecular formula is C35H56F2N12O2S. The SMILES string of the molecule is NS(=O)(=O)C1C(c2nnnc(F)c2F)CCC2C3NC4NC(NC5NC(NC6NC(NC(N3)C21)C1CCCCC61)C1CCCCC51)C1CCCCC41. The number of primary sulfonamides is 1. The van der Waals surface area contributed by atoms with Crippen molar-refractivity contribution in [2.24, 2.45) is 52.5 Å². The highest BCUT2D eigenvalue weighted by molar-refractivity contribution is 7.89. The van der Waals surface area contributed by atoms with Crippen molar-refractivity contribution in [3.63, 3.8) is 0 Å². The normalized spacial score (nSPS) is 50.2. The fourth-order valence-corrected chi connectivity index (χ4v) is 14.8. The van der Waals surface area contributed by atoms with Gasteiger partial charge in [-0.3, -0.25) is 42.5 Å². The number of aromatic nitrogens is 3. The molecule has 5 saturated heterocycles. The first-order chi connectivity index (χ1) is 25.2. The lowest BCUT2D eigenvalue weighted by molar-refractivity contribution is 0.161. The molecule has 14 nitrogen and oxygen atoms in total. The van der Waals surface area contributed by atoms with Crippen molar-refractivity contribution in [2.75, 3.05) is 0 Å². The molecule has 0 amide bonds. The second kappa shape index (κ2) is 13.6. The van der Waals surface area contributed by atoms with E-state index in [4.69, 9.17) is 5.14 Å². The maximum absolute atomic E-state index is 15.3. The maximum Gasteiger partial charge on any atom is 0.272 e. The van der Waals surface area contributed by atoms with Crippen molar-refractivity contribution in [1.29, 1.82) is 0 Å². The Bertz CT molecular complexity index is 1610. The second-order valence-electron chi connectivity index (χ2n) is 17.7. The van der Waals surface area contributed by atoms with Crippen LogP contribution >= 0.6 is 0 Å². The summed E-state index contributed by atoms with van der Waals surface area (Å²) in [5.74, 6) is -1.40. The molecule has 6 heterocycles. The molecule has 5 aliphatic heterocycles. The minimum atomic E-state index is -4.26. The second-order valence-corrected chi connectivity index (χ2v) is 19.5. The number of nitrogens with one attached hydrogen (secondary N) is 8. The first-order valence-corrected chi connectivity index (χ1v) is 22.0. The zero-order valence-electron chi connectivity index (χ0n) is 29.7. The van der Waals surface area contributed by atoms with Gasteiger partial charge in [-0.05, 0) is 98.0 Å². The van der Waals surface area contributed by atoms with Crippen LogP contribution in [0.5, 0.6) is 0 Å². The molecule has 10 N–H and O–H groups in total. The highest BCUT2D eigenvalue weighted by atomic mass is 32.2. The van der Waals surface area contributed by atoms with E-state index in [2.05, 4.69) is 57.9 Å². The van der Waals surface area contributed by atoms with Gasteiger partial charge in [0.2, 0.25) is 15.8 Å². The van der Waals surface area contributed by atoms with Gasteiger partial charge in [-0.25, -0.2) is 13.6 Å². The Morgan fingerprint density at radius 1 is 0.500 bits per heavy atom. The topological polar surface area (TPSA) is 195 Å². The number of nitrogens with two attached hydrogens (primary N) is 1. The summed E-state index contributed by atoms with van der Waals surface area (Å²) in [6.07, 6.45) is 15.2. The first kappa shape index (κ1) is 34.9. The van der Waals surface area contributed by atoms with Gasteiger partial charge in [0.05, 0.1) is 54.6 Å². The molecule has 52 heavy (non-hydrogen) atoms. The van der Waals surface area contributed by atoms with Gasteiger partial charge in [-0.2, -0.15) is 8.78 Å². The van der Waals surface area contributed by atoms with Crippen molar-refractivity contribution < 1.29 is 17.2 Å². The molecule has 0 spiro atoms. The molecule has 8 bridgehead atoms. The van der Waals surface area contributed by atoms with Crippen LogP contribution in [0.2, 0.25) is 0 Å².